The van der Waals surface area contributed by atoms with E-state index in [1.807, 2.05) is 31.2 Å². The van der Waals surface area contributed by atoms with Gasteiger partial charge in [-0.05, 0) is 43.3 Å². The summed E-state index contributed by atoms with van der Waals surface area (Å²) < 4.78 is 14.9. The first kappa shape index (κ1) is 13.4. The number of nitrogens with one attached hydrogen (secondary N) is 1. The Morgan fingerprint density at radius 2 is 1.90 bits per heavy atom. The molecule has 3 rings (SSSR count). The van der Waals surface area contributed by atoms with Crippen LogP contribution in [0.3, 0.4) is 0 Å². The van der Waals surface area contributed by atoms with Crippen molar-refractivity contribution in [2.24, 2.45) is 0 Å². The number of hydrogen-bond acceptors (Lipinski definition) is 1. The molecule has 0 aliphatic rings. The number of anilines is 1. The van der Waals surface area contributed by atoms with Crippen LogP contribution in [0, 0.1) is 12.7 Å². The van der Waals surface area contributed by atoms with E-state index < -0.39 is 0 Å². The minimum absolute atomic E-state index is 0.110. The molecule has 0 saturated carbocycles. The quantitative estimate of drug-likeness (QED) is 0.780. The Morgan fingerprint density at radius 1 is 1.14 bits per heavy atom. The molecule has 0 saturated heterocycles. The van der Waals surface area contributed by atoms with Crippen molar-refractivity contribution in [3.05, 3.63) is 66.1 Å². The van der Waals surface area contributed by atoms with E-state index in [0.717, 1.165) is 22.2 Å². The van der Waals surface area contributed by atoms with Crippen LogP contribution in [0.4, 0.5) is 10.1 Å². The Bertz CT molecular complexity index is 790. The van der Waals surface area contributed by atoms with E-state index in [-0.39, 0.29) is 18.3 Å². The third-order valence-corrected chi connectivity index (χ3v) is 3.38. The summed E-state index contributed by atoms with van der Waals surface area (Å²) in [6.45, 7) is 2.19. The molecule has 0 bridgehead atoms. The van der Waals surface area contributed by atoms with Crippen molar-refractivity contribution in [2.75, 3.05) is 5.32 Å². The van der Waals surface area contributed by atoms with Crippen LogP contribution >= 0.6 is 0 Å². The molecule has 4 heteroatoms. The molecule has 1 heterocycles. The first-order chi connectivity index (χ1) is 10.1. The van der Waals surface area contributed by atoms with E-state index in [0.29, 0.717) is 0 Å². The first-order valence-corrected chi connectivity index (χ1v) is 6.73. The van der Waals surface area contributed by atoms with Crippen LogP contribution in [0.1, 0.15) is 5.56 Å². The summed E-state index contributed by atoms with van der Waals surface area (Å²) in [6.07, 6.45) is 1.79. The number of aromatic nitrogens is 1. The second-order valence-electron chi connectivity index (χ2n) is 5.06. The fraction of sp³-hybridized carbons (Fsp3) is 0.118. The van der Waals surface area contributed by atoms with Crippen molar-refractivity contribution >= 4 is 22.5 Å². The number of aryl methyl sites for hydroxylation is 1. The number of nitrogens with zero attached hydrogens (tertiary/aromatic N) is 1. The van der Waals surface area contributed by atoms with Crippen LogP contribution in [0.15, 0.2) is 54.7 Å². The second-order valence-corrected chi connectivity index (χ2v) is 5.06. The highest BCUT2D eigenvalue weighted by atomic mass is 19.1. The van der Waals surface area contributed by atoms with E-state index in [9.17, 15) is 9.18 Å². The van der Waals surface area contributed by atoms with E-state index in [1.54, 1.807) is 22.9 Å². The third kappa shape index (κ3) is 2.94. The van der Waals surface area contributed by atoms with E-state index >= 15 is 0 Å². The molecule has 106 valence electrons. The van der Waals surface area contributed by atoms with Gasteiger partial charge in [-0.2, -0.15) is 0 Å². The van der Waals surface area contributed by atoms with Gasteiger partial charge < -0.3 is 9.88 Å². The molecule has 3 aromatic rings. The van der Waals surface area contributed by atoms with Gasteiger partial charge in [0, 0.05) is 22.8 Å². The van der Waals surface area contributed by atoms with Gasteiger partial charge in [-0.15, -0.1) is 0 Å². The molecule has 0 atom stereocenters. The zero-order valence-corrected chi connectivity index (χ0v) is 11.6. The summed E-state index contributed by atoms with van der Waals surface area (Å²) in [5.41, 5.74) is 2.76. The number of fused-ring (bicyclic) bond motifs is 1. The van der Waals surface area contributed by atoms with Crippen LogP contribution in [-0.4, -0.2) is 10.5 Å². The standard InChI is InChI=1S/C17H15FN2O/c1-12-2-5-15(6-3-12)19-17(21)11-20-9-8-13-10-14(18)4-7-16(13)20/h2-10H,11H2,1H3,(H,19,21). The molecule has 21 heavy (non-hydrogen) atoms. The van der Waals surface area contributed by atoms with Gasteiger partial charge in [0.2, 0.25) is 5.91 Å². The van der Waals surface area contributed by atoms with E-state index in [4.69, 9.17) is 0 Å². The van der Waals surface area contributed by atoms with Crippen LogP contribution in [0.25, 0.3) is 10.9 Å². The van der Waals surface area contributed by atoms with Crippen molar-refractivity contribution in [1.82, 2.24) is 4.57 Å². The molecule has 2 aromatic carbocycles. The molecule has 0 fully saturated rings. The fourth-order valence-electron chi connectivity index (χ4n) is 2.30. The second kappa shape index (κ2) is 5.40. The Kier molecular flexibility index (Phi) is 3.44. The Hall–Kier alpha value is -2.62. The number of halogens is 1. The largest absolute Gasteiger partial charge is 0.338 e. The Labute approximate surface area is 122 Å². The molecular weight excluding hydrogens is 267 g/mol. The molecule has 0 aliphatic heterocycles. The lowest BCUT2D eigenvalue weighted by Gasteiger charge is -2.07. The normalized spacial score (nSPS) is 10.8. The molecule has 0 aliphatic carbocycles. The maximum Gasteiger partial charge on any atom is 0.244 e. The lowest BCUT2D eigenvalue weighted by atomic mass is 10.2. The first-order valence-electron chi connectivity index (χ1n) is 6.73. The van der Waals surface area contributed by atoms with Gasteiger partial charge in [0.05, 0.1) is 0 Å². The topological polar surface area (TPSA) is 34.0 Å². The van der Waals surface area contributed by atoms with Gasteiger partial charge >= 0.3 is 0 Å². The minimum Gasteiger partial charge on any atom is -0.338 e. The highest BCUT2D eigenvalue weighted by molar-refractivity contribution is 5.92. The molecule has 1 aromatic heterocycles. The number of carbonyl (C=O) groups excluding carboxylic acids is 1. The van der Waals surface area contributed by atoms with Crippen molar-refractivity contribution in [3.63, 3.8) is 0 Å². The zero-order chi connectivity index (χ0) is 14.8. The Balaban J connectivity index is 1.75. The minimum atomic E-state index is -0.274. The molecule has 0 radical (unpaired) electrons. The van der Waals surface area contributed by atoms with Crippen LogP contribution in [0.2, 0.25) is 0 Å². The summed E-state index contributed by atoms with van der Waals surface area (Å²) in [5, 5.41) is 3.64. The fourth-order valence-corrected chi connectivity index (χ4v) is 2.30. The average molecular weight is 282 g/mol. The van der Waals surface area contributed by atoms with Gasteiger partial charge in [-0.3, -0.25) is 4.79 Å². The van der Waals surface area contributed by atoms with E-state index in [1.165, 1.54) is 12.1 Å². The average Bonchev–Trinajstić information content (AvgIpc) is 2.83. The van der Waals surface area contributed by atoms with Gasteiger partial charge in [-0.1, -0.05) is 17.7 Å². The molecule has 1 N–H and O–H groups in total. The summed E-state index contributed by atoms with van der Waals surface area (Å²) in [6, 6.07) is 14.0. The summed E-state index contributed by atoms with van der Waals surface area (Å²) >= 11 is 0. The smallest absolute Gasteiger partial charge is 0.244 e. The predicted molar refractivity (Wildman–Crippen MR) is 81.7 cm³/mol. The monoisotopic (exact) mass is 282 g/mol. The van der Waals surface area contributed by atoms with Gasteiger partial charge in [0.15, 0.2) is 0 Å². The Morgan fingerprint density at radius 3 is 2.67 bits per heavy atom. The van der Waals surface area contributed by atoms with Gasteiger partial charge in [-0.25, -0.2) is 4.39 Å². The summed E-state index contributed by atoms with van der Waals surface area (Å²) in [7, 11) is 0. The molecule has 0 spiro atoms. The van der Waals surface area contributed by atoms with Crippen LogP contribution in [-0.2, 0) is 11.3 Å². The maximum atomic E-state index is 13.1. The molecule has 3 nitrogen and oxygen atoms in total. The number of carbonyl (C=O) groups is 1. The third-order valence-electron chi connectivity index (χ3n) is 3.38. The van der Waals surface area contributed by atoms with Crippen molar-refractivity contribution < 1.29 is 9.18 Å². The summed E-state index contributed by atoms with van der Waals surface area (Å²) in [4.78, 5) is 12.1. The van der Waals surface area contributed by atoms with Crippen molar-refractivity contribution in [3.8, 4) is 0 Å². The molecule has 0 unspecified atom stereocenters. The highest BCUT2D eigenvalue weighted by Crippen LogP contribution is 2.17. The lowest BCUT2D eigenvalue weighted by molar-refractivity contribution is -0.116. The van der Waals surface area contributed by atoms with Crippen LogP contribution < -0.4 is 5.32 Å². The van der Waals surface area contributed by atoms with Gasteiger partial charge in [0.25, 0.3) is 0 Å². The molecular formula is C17H15FN2O. The predicted octanol–water partition coefficient (Wildman–Crippen LogP) is 3.73. The zero-order valence-electron chi connectivity index (χ0n) is 11.6. The molecule has 1 amide bonds. The number of benzene rings is 2. The van der Waals surface area contributed by atoms with Crippen LogP contribution in [0.5, 0.6) is 0 Å². The SMILES string of the molecule is Cc1ccc(NC(=O)Cn2ccc3cc(F)ccc32)cc1. The van der Waals surface area contributed by atoms with Crippen molar-refractivity contribution in [2.45, 2.75) is 13.5 Å². The number of rotatable bonds is 3. The van der Waals surface area contributed by atoms with Crippen molar-refractivity contribution in [1.29, 1.82) is 0 Å². The number of hydrogen-bond donors (Lipinski definition) is 1. The lowest BCUT2D eigenvalue weighted by Crippen LogP contribution is -2.18. The van der Waals surface area contributed by atoms with Gasteiger partial charge in [0.1, 0.15) is 12.4 Å². The highest BCUT2D eigenvalue weighted by Gasteiger charge is 2.07. The maximum absolute atomic E-state index is 13.1. The summed E-state index contributed by atoms with van der Waals surface area (Å²) in [5.74, 6) is -0.384. The number of amides is 1. The van der Waals surface area contributed by atoms with E-state index in [2.05, 4.69) is 5.32 Å².